The van der Waals surface area contributed by atoms with Crippen LogP contribution in [0, 0.1) is 5.92 Å². The summed E-state index contributed by atoms with van der Waals surface area (Å²) >= 11 is 3.83. The Labute approximate surface area is 99.0 Å². The van der Waals surface area contributed by atoms with E-state index in [2.05, 4.69) is 46.3 Å². The molecule has 0 amide bonds. The molecule has 2 heterocycles. The van der Waals surface area contributed by atoms with E-state index in [4.69, 9.17) is 4.74 Å². The van der Waals surface area contributed by atoms with Crippen LogP contribution in [-0.4, -0.2) is 12.2 Å². The lowest BCUT2D eigenvalue weighted by atomic mass is 9.85. The normalized spacial score (nSPS) is 35.7. The first-order chi connectivity index (χ1) is 7.34. The topological polar surface area (TPSA) is 9.23 Å². The van der Waals surface area contributed by atoms with E-state index in [1.54, 1.807) is 0 Å². The van der Waals surface area contributed by atoms with Crippen molar-refractivity contribution in [2.75, 3.05) is 0 Å². The standard InChI is InChI=1S/C13H15BrO/c14-13(9-4-2-1-3-5-9)11-8-10-6-7-12(11)15-10/h1-5,10-13H,6-8H2. The van der Waals surface area contributed by atoms with E-state index in [0.717, 1.165) is 0 Å². The van der Waals surface area contributed by atoms with Gasteiger partial charge in [0.05, 0.1) is 12.2 Å². The van der Waals surface area contributed by atoms with Crippen LogP contribution in [0.3, 0.4) is 0 Å². The van der Waals surface area contributed by atoms with Crippen LogP contribution < -0.4 is 0 Å². The molecule has 0 aliphatic carbocycles. The third kappa shape index (κ3) is 1.74. The van der Waals surface area contributed by atoms with E-state index < -0.39 is 0 Å². The number of alkyl halides is 1. The van der Waals surface area contributed by atoms with Gasteiger partial charge in [0.25, 0.3) is 0 Å². The van der Waals surface area contributed by atoms with Gasteiger partial charge in [-0.2, -0.15) is 0 Å². The minimum absolute atomic E-state index is 0.467. The minimum Gasteiger partial charge on any atom is -0.375 e. The molecule has 1 aromatic rings. The zero-order valence-electron chi connectivity index (χ0n) is 8.60. The van der Waals surface area contributed by atoms with Gasteiger partial charge < -0.3 is 4.74 Å². The van der Waals surface area contributed by atoms with Crippen LogP contribution in [0.4, 0.5) is 0 Å². The second-order valence-corrected chi connectivity index (χ2v) is 5.57. The van der Waals surface area contributed by atoms with Gasteiger partial charge in [0.1, 0.15) is 0 Å². The molecular weight excluding hydrogens is 252 g/mol. The van der Waals surface area contributed by atoms with Crippen molar-refractivity contribution in [3.8, 4) is 0 Å². The maximum Gasteiger partial charge on any atom is 0.0622 e. The van der Waals surface area contributed by atoms with Gasteiger partial charge in [0, 0.05) is 10.7 Å². The Morgan fingerprint density at radius 2 is 2.00 bits per heavy atom. The summed E-state index contributed by atoms with van der Waals surface area (Å²) < 4.78 is 5.90. The molecule has 80 valence electrons. The molecule has 1 nitrogen and oxygen atoms in total. The van der Waals surface area contributed by atoms with Gasteiger partial charge in [-0.1, -0.05) is 46.3 Å². The van der Waals surface area contributed by atoms with Crippen LogP contribution in [0.5, 0.6) is 0 Å². The molecule has 2 heteroatoms. The summed E-state index contributed by atoms with van der Waals surface area (Å²) in [6.07, 6.45) is 4.80. The van der Waals surface area contributed by atoms with Crippen molar-refractivity contribution < 1.29 is 4.74 Å². The Kier molecular flexibility index (Phi) is 2.57. The van der Waals surface area contributed by atoms with Crippen molar-refractivity contribution in [3.63, 3.8) is 0 Å². The predicted octanol–water partition coefficient (Wildman–Crippen LogP) is 3.69. The molecule has 2 bridgehead atoms. The predicted molar refractivity (Wildman–Crippen MR) is 64.1 cm³/mol. The molecule has 0 saturated carbocycles. The summed E-state index contributed by atoms with van der Waals surface area (Å²) in [6, 6.07) is 10.7. The van der Waals surface area contributed by atoms with Crippen molar-refractivity contribution >= 4 is 15.9 Å². The number of fused-ring (bicyclic) bond motifs is 2. The highest BCUT2D eigenvalue weighted by molar-refractivity contribution is 9.09. The summed E-state index contributed by atoms with van der Waals surface area (Å²) in [4.78, 5) is 0.467. The molecule has 2 fully saturated rings. The summed E-state index contributed by atoms with van der Waals surface area (Å²) in [6.45, 7) is 0. The van der Waals surface area contributed by atoms with E-state index in [1.165, 1.54) is 24.8 Å². The molecule has 4 unspecified atom stereocenters. The first kappa shape index (κ1) is 9.86. The van der Waals surface area contributed by atoms with Crippen LogP contribution in [0.1, 0.15) is 29.7 Å². The minimum atomic E-state index is 0.467. The Bertz CT molecular complexity index is 338. The molecule has 2 aliphatic heterocycles. The molecular formula is C13H15BrO. The van der Waals surface area contributed by atoms with Crippen molar-refractivity contribution in [1.82, 2.24) is 0 Å². The van der Waals surface area contributed by atoms with Crippen molar-refractivity contribution in [2.24, 2.45) is 5.92 Å². The Hall–Kier alpha value is -0.340. The highest BCUT2D eigenvalue weighted by Gasteiger charge is 2.43. The average molecular weight is 267 g/mol. The fraction of sp³-hybridized carbons (Fsp3) is 0.538. The maximum absolute atomic E-state index is 5.90. The van der Waals surface area contributed by atoms with Crippen molar-refractivity contribution in [1.29, 1.82) is 0 Å². The highest BCUT2D eigenvalue weighted by Crippen LogP contribution is 2.47. The second-order valence-electron chi connectivity index (χ2n) is 4.59. The zero-order chi connectivity index (χ0) is 10.3. The number of hydrogen-bond acceptors (Lipinski definition) is 1. The largest absolute Gasteiger partial charge is 0.375 e. The van der Waals surface area contributed by atoms with E-state index in [-0.39, 0.29) is 0 Å². The van der Waals surface area contributed by atoms with E-state index in [0.29, 0.717) is 23.0 Å². The zero-order valence-corrected chi connectivity index (χ0v) is 10.2. The molecule has 3 rings (SSSR count). The Morgan fingerprint density at radius 1 is 1.20 bits per heavy atom. The molecule has 1 aromatic carbocycles. The number of ether oxygens (including phenoxy) is 1. The lowest BCUT2D eigenvalue weighted by Crippen LogP contribution is -2.20. The number of hydrogen-bond donors (Lipinski definition) is 0. The quantitative estimate of drug-likeness (QED) is 0.742. The van der Waals surface area contributed by atoms with Crippen LogP contribution in [0.2, 0.25) is 0 Å². The third-order valence-corrected chi connectivity index (χ3v) is 4.85. The number of rotatable bonds is 2. The van der Waals surface area contributed by atoms with Gasteiger partial charge in [-0.15, -0.1) is 0 Å². The maximum atomic E-state index is 5.90. The monoisotopic (exact) mass is 266 g/mol. The lowest BCUT2D eigenvalue weighted by Gasteiger charge is -2.24. The molecule has 0 N–H and O–H groups in total. The summed E-state index contributed by atoms with van der Waals surface area (Å²) in [5, 5.41) is 0. The fourth-order valence-electron chi connectivity index (χ4n) is 2.87. The summed E-state index contributed by atoms with van der Waals surface area (Å²) in [7, 11) is 0. The lowest BCUT2D eigenvalue weighted by molar-refractivity contribution is 0.0924. The number of benzene rings is 1. The first-order valence-corrected chi connectivity index (χ1v) is 6.60. The van der Waals surface area contributed by atoms with E-state index in [1.807, 2.05) is 0 Å². The molecule has 4 atom stereocenters. The second kappa shape index (κ2) is 3.91. The first-order valence-electron chi connectivity index (χ1n) is 5.69. The molecule has 2 aliphatic rings. The van der Waals surface area contributed by atoms with Crippen LogP contribution in [0.15, 0.2) is 30.3 Å². The summed E-state index contributed by atoms with van der Waals surface area (Å²) in [5.41, 5.74) is 1.39. The molecule has 0 spiro atoms. The smallest absolute Gasteiger partial charge is 0.0622 e. The van der Waals surface area contributed by atoms with Gasteiger partial charge in [0.15, 0.2) is 0 Å². The van der Waals surface area contributed by atoms with Gasteiger partial charge in [-0.3, -0.25) is 0 Å². The van der Waals surface area contributed by atoms with Crippen LogP contribution in [-0.2, 0) is 4.74 Å². The van der Waals surface area contributed by atoms with Crippen molar-refractivity contribution in [3.05, 3.63) is 35.9 Å². The molecule has 15 heavy (non-hydrogen) atoms. The van der Waals surface area contributed by atoms with E-state index in [9.17, 15) is 0 Å². The molecule has 0 aromatic heterocycles. The average Bonchev–Trinajstić information content (AvgIpc) is 2.91. The van der Waals surface area contributed by atoms with Gasteiger partial charge >= 0.3 is 0 Å². The summed E-state index contributed by atoms with van der Waals surface area (Å²) in [5.74, 6) is 0.672. The van der Waals surface area contributed by atoms with Gasteiger partial charge in [0.2, 0.25) is 0 Å². The number of halogens is 1. The Balaban J connectivity index is 1.78. The SMILES string of the molecule is BrC(c1ccccc1)C1CC2CCC1O2. The third-order valence-electron chi connectivity index (χ3n) is 3.65. The van der Waals surface area contributed by atoms with Gasteiger partial charge in [-0.25, -0.2) is 0 Å². The Morgan fingerprint density at radius 3 is 2.60 bits per heavy atom. The van der Waals surface area contributed by atoms with Crippen LogP contribution in [0.25, 0.3) is 0 Å². The van der Waals surface area contributed by atoms with Gasteiger partial charge in [-0.05, 0) is 24.8 Å². The van der Waals surface area contributed by atoms with Crippen LogP contribution >= 0.6 is 15.9 Å². The molecule has 0 radical (unpaired) electrons. The van der Waals surface area contributed by atoms with Crippen molar-refractivity contribution in [2.45, 2.75) is 36.3 Å². The fourth-order valence-corrected chi connectivity index (χ4v) is 3.73. The van der Waals surface area contributed by atoms with E-state index >= 15 is 0 Å². The molecule has 2 saturated heterocycles. The highest BCUT2D eigenvalue weighted by atomic mass is 79.9.